The van der Waals surface area contributed by atoms with Gasteiger partial charge in [-0.25, -0.2) is 9.18 Å². The molecule has 0 spiro atoms. The van der Waals surface area contributed by atoms with E-state index in [1.807, 2.05) is 43.3 Å². The molecule has 178 valence electrons. The smallest absolute Gasteiger partial charge is 0.341 e. The van der Waals surface area contributed by atoms with Crippen molar-refractivity contribution in [3.8, 4) is 11.1 Å². The van der Waals surface area contributed by atoms with Crippen molar-refractivity contribution in [3.63, 3.8) is 0 Å². The van der Waals surface area contributed by atoms with Crippen LogP contribution in [0.25, 0.3) is 11.1 Å². The summed E-state index contributed by atoms with van der Waals surface area (Å²) in [6.07, 6.45) is 0. The Labute approximate surface area is 209 Å². The number of anilines is 1. The third kappa shape index (κ3) is 5.63. The SMILES string of the molecule is CCOC(=O)c1c(NC(=S)N2CCN(Cc3cccc(F)c3)CC2)sc(C)c1-c1ccccc1. The van der Waals surface area contributed by atoms with Gasteiger partial charge < -0.3 is 15.0 Å². The molecule has 0 bridgehead atoms. The number of thiophene rings is 1. The van der Waals surface area contributed by atoms with E-state index in [1.165, 1.54) is 17.4 Å². The highest BCUT2D eigenvalue weighted by atomic mass is 32.1. The fourth-order valence-electron chi connectivity index (χ4n) is 4.16. The highest BCUT2D eigenvalue weighted by Crippen LogP contribution is 2.40. The predicted molar refractivity (Wildman–Crippen MR) is 140 cm³/mol. The summed E-state index contributed by atoms with van der Waals surface area (Å²) in [6, 6.07) is 16.6. The maximum absolute atomic E-state index is 13.5. The number of rotatable bonds is 6. The van der Waals surface area contributed by atoms with E-state index in [1.54, 1.807) is 19.1 Å². The van der Waals surface area contributed by atoms with Gasteiger partial charge in [0.05, 0.1) is 6.61 Å². The van der Waals surface area contributed by atoms with Crippen molar-refractivity contribution in [2.24, 2.45) is 0 Å². The van der Waals surface area contributed by atoms with E-state index in [0.29, 0.717) is 28.8 Å². The second-order valence-electron chi connectivity index (χ2n) is 8.15. The molecule has 34 heavy (non-hydrogen) atoms. The Morgan fingerprint density at radius 3 is 2.53 bits per heavy atom. The summed E-state index contributed by atoms with van der Waals surface area (Å²) in [5.74, 6) is -0.559. The number of hydrogen-bond acceptors (Lipinski definition) is 5. The Morgan fingerprint density at radius 2 is 1.85 bits per heavy atom. The lowest BCUT2D eigenvalue weighted by atomic mass is 10.0. The van der Waals surface area contributed by atoms with Gasteiger partial charge in [0.2, 0.25) is 0 Å². The zero-order chi connectivity index (χ0) is 24.1. The lowest BCUT2D eigenvalue weighted by Crippen LogP contribution is -2.49. The van der Waals surface area contributed by atoms with Crippen molar-refractivity contribution in [3.05, 3.63) is 76.4 Å². The van der Waals surface area contributed by atoms with Crippen LogP contribution in [-0.2, 0) is 11.3 Å². The zero-order valence-electron chi connectivity index (χ0n) is 19.3. The lowest BCUT2D eigenvalue weighted by molar-refractivity contribution is 0.0529. The van der Waals surface area contributed by atoms with Crippen LogP contribution < -0.4 is 5.32 Å². The van der Waals surface area contributed by atoms with Gasteiger partial charge in [0, 0.05) is 43.2 Å². The largest absolute Gasteiger partial charge is 0.462 e. The van der Waals surface area contributed by atoms with Gasteiger partial charge in [-0.05, 0) is 49.3 Å². The summed E-state index contributed by atoms with van der Waals surface area (Å²) in [6.45, 7) is 7.99. The minimum Gasteiger partial charge on any atom is -0.462 e. The summed E-state index contributed by atoms with van der Waals surface area (Å²) in [4.78, 5) is 18.4. The number of nitrogens with zero attached hydrogens (tertiary/aromatic N) is 2. The first-order valence-electron chi connectivity index (χ1n) is 11.3. The molecule has 3 aromatic rings. The molecule has 1 N–H and O–H groups in total. The number of hydrogen-bond donors (Lipinski definition) is 1. The van der Waals surface area contributed by atoms with Crippen molar-refractivity contribution in [2.75, 3.05) is 38.1 Å². The standard InChI is InChI=1S/C26H28FN3O2S2/c1-3-32-25(31)23-22(20-9-5-4-6-10-20)18(2)34-24(23)28-26(33)30-14-12-29(13-15-30)17-19-8-7-11-21(27)16-19/h4-11,16H,3,12-15,17H2,1-2H3,(H,28,33). The molecule has 0 atom stereocenters. The van der Waals surface area contributed by atoms with Crippen molar-refractivity contribution in [2.45, 2.75) is 20.4 Å². The van der Waals surface area contributed by atoms with Gasteiger partial charge in [-0.2, -0.15) is 0 Å². The Hall–Kier alpha value is -2.81. The molecule has 4 rings (SSSR count). The summed E-state index contributed by atoms with van der Waals surface area (Å²) in [5.41, 5.74) is 3.36. The number of carbonyl (C=O) groups excluding carboxylic acids is 1. The molecule has 0 radical (unpaired) electrons. The van der Waals surface area contributed by atoms with Gasteiger partial charge in [0.1, 0.15) is 16.4 Å². The molecule has 8 heteroatoms. The minimum absolute atomic E-state index is 0.208. The Kier molecular flexibility index (Phi) is 7.92. The van der Waals surface area contributed by atoms with Crippen molar-refractivity contribution in [1.82, 2.24) is 9.80 Å². The minimum atomic E-state index is -0.351. The van der Waals surface area contributed by atoms with Crippen LogP contribution in [0.1, 0.15) is 27.7 Å². The van der Waals surface area contributed by atoms with Gasteiger partial charge in [0.15, 0.2) is 5.11 Å². The quantitative estimate of drug-likeness (QED) is 0.356. The lowest BCUT2D eigenvalue weighted by Gasteiger charge is -2.36. The van der Waals surface area contributed by atoms with Crippen LogP contribution in [0.3, 0.4) is 0 Å². The number of benzene rings is 2. The molecule has 0 aliphatic carbocycles. The van der Waals surface area contributed by atoms with Crippen LogP contribution in [0, 0.1) is 12.7 Å². The average molecular weight is 498 g/mol. The van der Waals surface area contributed by atoms with Gasteiger partial charge in [0.25, 0.3) is 0 Å². The number of halogens is 1. The number of ether oxygens (including phenoxy) is 1. The summed E-state index contributed by atoms with van der Waals surface area (Å²) in [7, 11) is 0. The van der Waals surface area contributed by atoms with Crippen LogP contribution in [0.5, 0.6) is 0 Å². The van der Waals surface area contributed by atoms with E-state index in [-0.39, 0.29) is 11.8 Å². The third-order valence-corrected chi connectivity index (χ3v) is 7.18. The number of carbonyl (C=O) groups is 1. The molecule has 5 nitrogen and oxygen atoms in total. The molecule has 1 aliphatic rings. The Balaban J connectivity index is 1.46. The first-order chi connectivity index (χ1) is 16.5. The van der Waals surface area contributed by atoms with Gasteiger partial charge >= 0.3 is 5.97 Å². The number of thiocarbonyl (C=S) groups is 1. The van der Waals surface area contributed by atoms with Gasteiger partial charge in [-0.1, -0.05) is 42.5 Å². The molecular formula is C26H28FN3O2S2. The zero-order valence-corrected chi connectivity index (χ0v) is 21.0. The first-order valence-corrected chi connectivity index (χ1v) is 12.6. The summed E-state index contributed by atoms with van der Waals surface area (Å²) < 4.78 is 18.9. The molecule has 1 saturated heterocycles. The van der Waals surface area contributed by atoms with E-state index in [2.05, 4.69) is 15.1 Å². The second-order valence-corrected chi connectivity index (χ2v) is 9.76. The third-order valence-electron chi connectivity index (χ3n) is 5.80. The van der Waals surface area contributed by atoms with Crippen molar-refractivity contribution >= 4 is 39.6 Å². The number of nitrogens with one attached hydrogen (secondary N) is 1. The Bertz CT molecular complexity index is 1160. The molecular weight excluding hydrogens is 469 g/mol. The normalized spacial score (nSPS) is 14.1. The van der Waals surface area contributed by atoms with E-state index in [0.717, 1.165) is 47.7 Å². The van der Waals surface area contributed by atoms with E-state index in [4.69, 9.17) is 17.0 Å². The predicted octanol–water partition coefficient (Wildman–Crippen LogP) is 5.55. The molecule has 0 amide bonds. The maximum Gasteiger partial charge on any atom is 0.341 e. The van der Waals surface area contributed by atoms with Crippen LogP contribution in [0.4, 0.5) is 9.39 Å². The van der Waals surface area contributed by atoms with E-state index in [9.17, 15) is 9.18 Å². The van der Waals surface area contributed by atoms with Crippen LogP contribution in [0.2, 0.25) is 0 Å². The molecule has 2 aromatic carbocycles. The van der Waals surface area contributed by atoms with Crippen molar-refractivity contribution in [1.29, 1.82) is 0 Å². The molecule has 0 saturated carbocycles. The first kappa shape index (κ1) is 24.3. The van der Waals surface area contributed by atoms with Crippen LogP contribution in [-0.4, -0.2) is 53.7 Å². The molecule has 2 heterocycles. The van der Waals surface area contributed by atoms with E-state index < -0.39 is 0 Å². The number of aryl methyl sites for hydroxylation is 1. The highest BCUT2D eigenvalue weighted by molar-refractivity contribution is 7.80. The molecule has 1 aromatic heterocycles. The maximum atomic E-state index is 13.5. The van der Waals surface area contributed by atoms with Crippen molar-refractivity contribution < 1.29 is 13.9 Å². The highest BCUT2D eigenvalue weighted by Gasteiger charge is 2.26. The van der Waals surface area contributed by atoms with Crippen LogP contribution >= 0.6 is 23.6 Å². The average Bonchev–Trinajstić information content (AvgIpc) is 3.15. The molecule has 1 fully saturated rings. The summed E-state index contributed by atoms with van der Waals surface area (Å²) >= 11 is 7.24. The van der Waals surface area contributed by atoms with Crippen LogP contribution in [0.15, 0.2) is 54.6 Å². The monoisotopic (exact) mass is 497 g/mol. The number of esters is 1. The van der Waals surface area contributed by atoms with Gasteiger partial charge in [-0.3, -0.25) is 4.90 Å². The topological polar surface area (TPSA) is 44.8 Å². The Morgan fingerprint density at radius 1 is 1.12 bits per heavy atom. The second kappa shape index (κ2) is 11.1. The molecule has 0 unspecified atom stereocenters. The van der Waals surface area contributed by atoms with Gasteiger partial charge in [-0.15, -0.1) is 11.3 Å². The fourth-order valence-corrected chi connectivity index (χ4v) is 5.57. The molecule has 1 aliphatic heterocycles. The fraction of sp³-hybridized carbons (Fsp3) is 0.308. The summed E-state index contributed by atoms with van der Waals surface area (Å²) in [5, 5.41) is 4.63. The number of piperazine rings is 1. The van der Waals surface area contributed by atoms with E-state index >= 15 is 0 Å².